The van der Waals surface area contributed by atoms with Crippen molar-refractivity contribution >= 4 is 44.3 Å². The molecule has 0 aliphatic heterocycles. The van der Waals surface area contributed by atoms with Crippen LogP contribution in [0.25, 0.3) is 0 Å². The molecule has 0 aliphatic carbocycles. The summed E-state index contributed by atoms with van der Waals surface area (Å²) < 4.78 is 10.4. The van der Waals surface area contributed by atoms with Crippen molar-refractivity contribution in [2.45, 2.75) is 0 Å². The normalized spacial score (nSPS) is 8.92. The number of hydrogen-bond acceptors (Lipinski definition) is 3. The predicted molar refractivity (Wildman–Crippen MR) is 57.6 cm³/mol. The lowest BCUT2D eigenvalue weighted by molar-refractivity contribution is -0.383. The highest BCUT2D eigenvalue weighted by Crippen LogP contribution is 2.11. The Morgan fingerprint density at radius 3 is 2.15 bits per heavy atom. The van der Waals surface area contributed by atoms with E-state index in [2.05, 4.69) is 0 Å². The van der Waals surface area contributed by atoms with Crippen LogP contribution in [0.3, 0.4) is 0 Å². The first-order valence-electron chi connectivity index (χ1n) is 2.94. The standard InChI is InChI=1S/C6H6NO3P.2ClH/c8-7(9)5-3-1-2-4-6(5)11-10;;/h1-4H,11H2;2*1H. The zero-order valence-electron chi connectivity index (χ0n) is 6.38. The van der Waals surface area contributed by atoms with E-state index in [9.17, 15) is 14.7 Å². The Kier molecular flexibility index (Phi) is 7.92. The summed E-state index contributed by atoms with van der Waals surface area (Å²) in [6.45, 7) is 0. The van der Waals surface area contributed by atoms with Gasteiger partial charge in [0.25, 0.3) is 5.69 Å². The van der Waals surface area contributed by atoms with Crippen LogP contribution in [0.1, 0.15) is 0 Å². The summed E-state index contributed by atoms with van der Waals surface area (Å²) >= 11 is 0. The molecule has 13 heavy (non-hydrogen) atoms. The predicted octanol–water partition coefficient (Wildman–Crippen LogP) is 1.82. The molecule has 1 rings (SSSR count). The number of benzene rings is 1. The number of rotatable bonds is 2. The van der Waals surface area contributed by atoms with Crippen molar-refractivity contribution in [2.24, 2.45) is 0 Å². The van der Waals surface area contributed by atoms with Gasteiger partial charge in [-0.25, -0.2) is 0 Å². The summed E-state index contributed by atoms with van der Waals surface area (Å²) in [5.41, 5.74) is -0.0579. The molecule has 0 aromatic heterocycles. The van der Waals surface area contributed by atoms with E-state index in [1.165, 1.54) is 12.1 Å². The zero-order valence-corrected chi connectivity index (χ0v) is 9.16. The minimum Gasteiger partial charge on any atom is -0.325 e. The minimum absolute atomic E-state index is 0. The highest BCUT2D eigenvalue weighted by Gasteiger charge is 2.09. The van der Waals surface area contributed by atoms with Crippen LogP contribution < -0.4 is 5.30 Å². The number of nitro benzene ring substituents is 1. The van der Waals surface area contributed by atoms with Gasteiger partial charge < -0.3 is 4.57 Å². The lowest BCUT2D eigenvalue weighted by Crippen LogP contribution is -2.00. The lowest BCUT2D eigenvalue weighted by atomic mass is 10.3. The summed E-state index contributed by atoms with van der Waals surface area (Å²) in [5.74, 6) is 0. The van der Waals surface area contributed by atoms with Gasteiger partial charge in [0.1, 0.15) is 0 Å². The smallest absolute Gasteiger partial charge is 0.279 e. The Bertz CT molecular complexity index is 308. The van der Waals surface area contributed by atoms with E-state index in [-0.39, 0.29) is 30.5 Å². The number of nitro groups is 1. The molecule has 0 heterocycles. The fraction of sp³-hybridized carbons (Fsp3) is 0. The van der Waals surface area contributed by atoms with Crippen LogP contribution in [0.2, 0.25) is 0 Å². The van der Waals surface area contributed by atoms with E-state index in [0.29, 0.717) is 5.30 Å². The largest absolute Gasteiger partial charge is 0.325 e. The molecule has 0 fully saturated rings. The first kappa shape index (κ1) is 14.9. The highest BCUT2D eigenvalue weighted by atomic mass is 35.5. The molecule has 74 valence electrons. The molecule has 1 aromatic rings. The third-order valence-electron chi connectivity index (χ3n) is 1.26. The van der Waals surface area contributed by atoms with Crippen molar-refractivity contribution in [1.29, 1.82) is 0 Å². The van der Waals surface area contributed by atoms with E-state index < -0.39 is 13.4 Å². The molecule has 0 bridgehead atoms. The van der Waals surface area contributed by atoms with Crippen molar-refractivity contribution in [2.75, 3.05) is 0 Å². The quantitative estimate of drug-likeness (QED) is 0.452. The number of halogens is 2. The summed E-state index contributed by atoms with van der Waals surface area (Å²) in [6.07, 6.45) is 0. The second kappa shape index (κ2) is 6.89. The van der Waals surface area contributed by atoms with Crippen molar-refractivity contribution in [1.82, 2.24) is 0 Å². The van der Waals surface area contributed by atoms with E-state index in [1.807, 2.05) is 0 Å². The first-order chi connectivity index (χ1) is 5.25. The third-order valence-corrected chi connectivity index (χ3v) is 2.00. The van der Waals surface area contributed by atoms with Gasteiger partial charge in [-0.1, -0.05) is 12.1 Å². The van der Waals surface area contributed by atoms with Crippen LogP contribution in [0.4, 0.5) is 5.69 Å². The fourth-order valence-electron chi connectivity index (χ4n) is 0.753. The van der Waals surface area contributed by atoms with Gasteiger partial charge in [-0.3, -0.25) is 10.1 Å². The Labute approximate surface area is 88.5 Å². The molecule has 1 aromatic carbocycles. The Hall–Kier alpha value is -0.570. The molecule has 1 atom stereocenters. The maximum atomic E-state index is 10.4. The molecule has 0 N–H and O–H groups in total. The molecule has 0 amide bonds. The second-order valence-corrected chi connectivity index (χ2v) is 2.79. The van der Waals surface area contributed by atoms with E-state index in [0.717, 1.165) is 0 Å². The fourth-order valence-corrected chi connectivity index (χ4v) is 1.27. The molecule has 0 saturated heterocycles. The Morgan fingerprint density at radius 1 is 1.23 bits per heavy atom. The van der Waals surface area contributed by atoms with Crippen LogP contribution in [0.5, 0.6) is 0 Å². The van der Waals surface area contributed by atoms with Gasteiger partial charge in [0.2, 0.25) is 0 Å². The Morgan fingerprint density at radius 2 is 1.77 bits per heavy atom. The molecule has 1 unspecified atom stereocenters. The summed E-state index contributed by atoms with van der Waals surface area (Å²) in [7, 11) is -1.22. The van der Waals surface area contributed by atoms with Crippen molar-refractivity contribution < 1.29 is 9.49 Å². The molecule has 4 nitrogen and oxygen atoms in total. The van der Waals surface area contributed by atoms with Gasteiger partial charge in [-0.15, -0.1) is 24.8 Å². The number of nitrogens with zero attached hydrogens (tertiary/aromatic N) is 1. The highest BCUT2D eigenvalue weighted by molar-refractivity contribution is 7.34. The van der Waals surface area contributed by atoms with Gasteiger partial charge in [0.05, 0.1) is 18.7 Å². The van der Waals surface area contributed by atoms with E-state index >= 15 is 0 Å². The Balaban J connectivity index is 0. The third kappa shape index (κ3) is 3.77. The summed E-state index contributed by atoms with van der Waals surface area (Å²) in [4.78, 5) is 9.73. The van der Waals surface area contributed by atoms with Gasteiger partial charge in [-0.05, 0) is 6.07 Å². The van der Waals surface area contributed by atoms with Crippen molar-refractivity contribution in [3.05, 3.63) is 34.4 Å². The van der Waals surface area contributed by atoms with Crippen LogP contribution in [-0.4, -0.2) is 4.92 Å². The van der Waals surface area contributed by atoms with Gasteiger partial charge in [-0.2, -0.15) is 0 Å². The molecule has 0 radical (unpaired) electrons. The van der Waals surface area contributed by atoms with Crippen LogP contribution in [-0.2, 0) is 4.57 Å². The van der Waals surface area contributed by atoms with Crippen molar-refractivity contribution in [3.8, 4) is 0 Å². The van der Waals surface area contributed by atoms with Crippen LogP contribution in [0.15, 0.2) is 24.3 Å². The molecule has 0 saturated carbocycles. The first-order valence-corrected chi connectivity index (χ1v) is 3.99. The maximum Gasteiger partial charge on any atom is 0.279 e. The summed E-state index contributed by atoms with van der Waals surface area (Å²) in [6, 6.07) is 6.03. The van der Waals surface area contributed by atoms with E-state index in [4.69, 9.17) is 0 Å². The molecular weight excluding hydrogens is 236 g/mol. The number of para-hydroxylation sites is 1. The van der Waals surface area contributed by atoms with Crippen LogP contribution in [0, 0.1) is 10.1 Å². The average molecular weight is 244 g/mol. The monoisotopic (exact) mass is 243 g/mol. The van der Waals surface area contributed by atoms with E-state index in [1.54, 1.807) is 12.1 Å². The van der Waals surface area contributed by atoms with Gasteiger partial charge >= 0.3 is 0 Å². The minimum atomic E-state index is -1.22. The van der Waals surface area contributed by atoms with Crippen molar-refractivity contribution in [3.63, 3.8) is 0 Å². The SMILES string of the molecule is Cl.Cl.O=[PH2]c1ccccc1[N+](=O)[O-]. The molecule has 0 spiro atoms. The van der Waals surface area contributed by atoms with Gasteiger partial charge in [0.15, 0.2) is 0 Å². The van der Waals surface area contributed by atoms with Crippen LogP contribution >= 0.6 is 33.3 Å². The molecular formula is C6H8Cl2NO3P. The zero-order chi connectivity index (χ0) is 8.27. The maximum absolute atomic E-state index is 10.4. The average Bonchev–Trinajstić information content (AvgIpc) is 2.04. The lowest BCUT2D eigenvalue weighted by Gasteiger charge is -1.92. The number of hydrogen-bond donors (Lipinski definition) is 0. The molecule has 0 aliphatic rings. The topological polar surface area (TPSA) is 60.2 Å². The second-order valence-electron chi connectivity index (χ2n) is 1.93. The summed E-state index contributed by atoms with van der Waals surface area (Å²) in [5, 5.41) is 10.6. The van der Waals surface area contributed by atoms with Gasteiger partial charge in [0, 0.05) is 6.07 Å². The molecule has 7 heteroatoms.